The number of aliphatic hydroxyl groups is 2. The molecule has 3 atom stereocenters. The number of nitrogen functional groups attached to an aromatic ring is 1. The number of hydrogen-bond donors (Lipinski definition) is 3. The fraction of sp³-hybridized carbons (Fsp3) is 0.462. The number of nitrogens with zero attached hydrogens (tertiary/aromatic N) is 4. The molecule has 7 heteroatoms. The molecule has 2 heterocycles. The zero-order chi connectivity index (χ0) is 14.1. The van der Waals surface area contributed by atoms with Crippen molar-refractivity contribution in [1.82, 2.24) is 19.5 Å². The monoisotopic (exact) mass is 275 g/mol. The summed E-state index contributed by atoms with van der Waals surface area (Å²) >= 11 is 0. The van der Waals surface area contributed by atoms with Gasteiger partial charge in [-0.15, -0.1) is 0 Å². The molecule has 0 fully saturated rings. The highest BCUT2D eigenvalue weighted by atomic mass is 16.3. The quantitative estimate of drug-likeness (QED) is 0.687. The van der Waals surface area contributed by atoms with Gasteiger partial charge in [0, 0.05) is 19.1 Å². The predicted octanol–water partition coefficient (Wildman–Crippen LogP) is 0.126. The normalized spacial score (nSPS) is 26.2. The van der Waals surface area contributed by atoms with Crippen LogP contribution in [0.15, 0.2) is 24.8 Å². The van der Waals surface area contributed by atoms with Crippen molar-refractivity contribution in [1.29, 1.82) is 0 Å². The van der Waals surface area contributed by atoms with Gasteiger partial charge in [-0.1, -0.05) is 12.2 Å². The van der Waals surface area contributed by atoms with Crippen LogP contribution >= 0.6 is 0 Å². The van der Waals surface area contributed by atoms with Crippen molar-refractivity contribution >= 4 is 17.0 Å². The minimum atomic E-state index is 0.00531. The maximum absolute atomic E-state index is 9.45. The molecular formula is C13H17N5O2. The van der Waals surface area contributed by atoms with E-state index < -0.39 is 0 Å². The number of hydrogen-bond acceptors (Lipinski definition) is 6. The second-order valence-electron chi connectivity index (χ2n) is 5.06. The highest BCUT2D eigenvalue weighted by Crippen LogP contribution is 2.32. The van der Waals surface area contributed by atoms with Crippen molar-refractivity contribution in [3.05, 3.63) is 24.8 Å². The van der Waals surface area contributed by atoms with Crippen LogP contribution in [0.5, 0.6) is 0 Å². The summed E-state index contributed by atoms with van der Waals surface area (Å²) in [4.78, 5) is 12.4. The second-order valence-corrected chi connectivity index (χ2v) is 5.06. The smallest absolute Gasteiger partial charge is 0.165 e. The van der Waals surface area contributed by atoms with Crippen molar-refractivity contribution in [3.8, 4) is 0 Å². The van der Waals surface area contributed by atoms with E-state index in [1.54, 1.807) is 6.33 Å². The lowest BCUT2D eigenvalue weighted by Gasteiger charge is -2.30. The summed E-state index contributed by atoms with van der Waals surface area (Å²) in [5, 5.41) is 18.7. The zero-order valence-electron chi connectivity index (χ0n) is 10.9. The molecule has 0 aromatic carbocycles. The van der Waals surface area contributed by atoms with Crippen LogP contribution in [0.4, 0.5) is 5.82 Å². The van der Waals surface area contributed by atoms with Crippen molar-refractivity contribution in [3.63, 3.8) is 0 Å². The number of aliphatic hydroxyl groups excluding tert-OH is 2. The highest BCUT2D eigenvalue weighted by Gasteiger charge is 2.27. The molecule has 2 aromatic rings. The van der Waals surface area contributed by atoms with Gasteiger partial charge in [0.1, 0.15) is 11.8 Å². The van der Waals surface area contributed by atoms with Crippen LogP contribution in [0.25, 0.3) is 11.2 Å². The Bertz CT molecular complexity index is 639. The van der Waals surface area contributed by atoms with Crippen LogP contribution in [-0.2, 0) is 0 Å². The van der Waals surface area contributed by atoms with Gasteiger partial charge in [0.25, 0.3) is 0 Å². The van der Waals surface area contributed by atoms with Gasteiger partial charge in [-0.25, -0.2) is 15.0 Å². The molecule has 106 valence electrons. The van der Waals surface area contributed by atoms with Crippen molar-refractivity contribution in [2.45, 2.75) is 12.5 Å². The summed E-state index contributed by atoms with van der Waals surface area (Å²) in [6.07, 6.45) is 7.81. The molecule has 0 spiro atoms. The van der Waals surface area contributed by atoms with Crippen molar-refractivity contribution in [2.75, 3.05) is 18.9 Å². The third-order valence-corrected chi connectivity index (χ3v) is 3.92. The van der Waals surface area contributed by atoms with Crippen LogP contribution in [-0.4, -0.2) is 42.9 Å². The van der Waals surface area contributed by atoms with E-state index in [4.69, 9.17) is 5.73 Å². The molecule has 0 unspecified atom stereocenters. The zero-order valence-corrected chi connectivity index (χ0v) is 10.9. The number of anilines is 1. The molecule has 1 aliphatic carbocycles. The lowest BCUT2D eigenvalue weighted by atomic mass is 9.82. The summed E-state index contributed by atoms with van der Waals surface area (Å²) < 4.78 is 1.93. The molecule has 0 saturated heterocycles. The molecule has 7 nitrogen and oxygen atoms in total. The Kier molecular flexibility index (Phi) is 3.37. The van der Waals surface area contributed by atoms with E-state index in [0.717, 1.165) is 6.42 Å². The number of allylic oxidation sites excluding steroid dienone is 1. The van der Waals surface area contributed by atoms with Crippen molar-refractivity contribution < 1.29 is 10.2 Å². The summed E-state index contributed by atoms with van der Waals surface area (Å²) in [6.45, 7) is 0.101. The van der Waals surface area contributed by atoms with Gasteiger partial charge in [-0.2, -0.15) is 0 Å². The number of imidazole rings is 1. The molecule has 2 aromatic heterocycles. The topological polar surface area (TPSA) is 110 Å². The number of aromatic nitrogens is 4. The van der Waals surface area contributed by atoms with Crippen LogP contribution in [0.2, 0.25) is 0 Å². The van der Waals surface area contributed by atoms with Gasteiger partial charge in [0.2, 0.25) is 0 Å². The van der Waals surface area contributed by atoms with E-state index in [1.807, 2.05) is 16.7 Å². The third kappa shape index (κ3) is 2.04. The fourth-order valence-electron chi connectivity index (χ4n) is 2.73. The Hall–Kier alpha value is -1.99. The Labute approximate surface area is 115 Å². The van der Waals surface area contributed by atoms with Gasteiger partial charge in [0.05, 0.1) is 12.4 Å². The van der Waals surface area contributed by atoms with E-state index in [2.05, 4.69) is 15.0 Å². The molecule has 0 aliphatic heterocycles. The van der Waals surface area contributed by atoms with E-state index in [9.17, 15) is 10.2 Å². The maximum Gasteiger partial charge on any atom is 0.165 e. The molecule has 0 saturated carbocycles. The van der Waals surface area contributed by atoms with E-state index in [1.165, 1.54) is 6.33 Å². The first-order chi connectivity index (χ1) is 9.74. The molecular weight excluding hydrogens is 258 g/mol. The first-order valence-corrected chi connectivity index (χ1v) is 6.57. The summed E-state index contributed by atoms with van der Waals surface area (Å²) in [5.74, 6) is 0.401. The van der Waals surface area contributed by atoms with Crippen molar-refractivity contribution in [2.24, 2.45) is 11.8 Å². The van der Waals surface area contributed by atoms with Crippen LogP contribution in [0.3, 0.4) is 0 Å². The summed E-state index contributed by atoms with van der Waals surface area (Å²) in [6, 6.07) is 0.0502. The average Bonchev–Trinajstić information content (AvgIpc) is 2.92. The van der Waals surface area contributed by atoms with Gasteiger partial charge in [-0.05, 0) is 12.3 Å². The van der Waals surface area contributed by atoms with E-state index >= 15 is 0 Å². The summed E-state index contributed by atoms with van der Waals surface area (Å²) in [7, 11) is 0. The Morgan fingerprint density at radius 2 is 2.05 bits per heavy atom. The third-order valence-electron chi connectivity index (χ3n) is 3.92. The number of rotatable bonds is 3. The lowest BCUT2D eigenvalue weighted by molar-refractivity contribution is 0.124. The minimum absolute atomic E-state index is 0.00531. The molecule has 3 rings (SSSR count). The molecule has 1 aliphatic rings. The predicted molar refractivity (Wildman–Crippen MR) is 73.7 cm³/mol. The first-order valence-electron chi connectivity index (χ1n) is 6.57. The molecule has 4 N–H and O–H groups in total. The molecule has 20 heavy (non-hydrogen) atoms. The first kappa shape index (κ1) is 13.0. The summed E-state index contributed by atoms with van der Waals surface area (Å²) in [5.41, 5.74) is 7.05. The number of fused-ring (bicyclic) bond motifs is 1. The van der Waals surface area contributed by atoms with Crippen LogP contribution < -0.4 is 5.73 Å². The second kappa shape index (κ2) is 5.18. The Morgan fingerprint density at radius 1 is 1.20 bits per heavy atom. The average molecular weight is 275 g/mol. The lowest BCUT2D eigenvalue weighted by Crippen LogP contribution is -2.27. The van der Waals surface area contributed by atoms with Gasteiger partial charge >= 0.3 is 0 Å². The number of nitrogens with two attached hydrogens (primary N) is 1. The van der Waals surface area contributed by atoms with E-state index in [-0.39, 0.29) is 31.1 Å². The van der Waals surface area contributed by atoms with Gasteiger partial charge in [-0.3, -0.25) is 0 Å². The molecule has 0 amide bonds. The van der Waals surface area contributed by atoms with Gasteiger partial charge < -0.3 is 20.5 Å². The Balaban J connectivity index is 1.98. The Morgan fingerprint density at radius 3 is 2.80 bits per heavy atom. The van der Waals surface area contributed by atoms with Crippen LogP contribution in [0, 0.1) is 11.8 Å². The maximum atomic E-state index is 9.45. The standard InChI is InChI=1S/C13H17N5O2/c14-12-11-13(16-6-15-12)18(7-17-11)10-2-1-8(4-19)9(3-10)5-20/h1-2,6-10,19-20H,3-5H2,(H2,14,15,16)/t8-,9-,10-/m1/s1. The SMILES string of the molecule is Nc1ncnc2c1ncn2[C@@H]1C=C[C@H](CO)[C@@H](CO)C1. The molecule has 0 radical (unpaired) electrons. The fourth-order valence-corrected chi connectivity index (χ4v) is 2.73. The largest absolute Gasteiger partial charge is 0.396 e. The van der Waals surface area contributed by atoms with Crippen LogP contribution in [0.1, 0.15) is 12.5 Å². The van der Waals surface area contributed by atoms with E-state index in [0.29, 0.717) is 17.0 Å². The minimum Gasteiger partial charge on any atom is -0.396 e. The van der Waals surface area contributed by atoms with Gasteiger partial charge in [0.15, 0.2) is 11.5 Å². The molecule has 0 bridgehead atoms. The highest BCUT2D eigenvalue weighted by molar-refractivity contribution is 5.81.